The first-order valence-corrected chi connectivity index (χ1v) is 10.5. The molecule has 0 N–H and O–H groups in total. The highest BCUT2D eigenvalue weighted by Crippen LogP contribution is 2.39. The second kappa shape index (κ2) is 9.18. The van der Waals surface area contributed by atoms with Crippen molar-refractivity contribution in [2.24, 2.45) is 0 Å². The van der Waals surface area contributed by atoms with E-state index in [4.69, 9.17) is 14.2 Å². The Hall–Kier alpha value is -3.38. The number of hydrogen-bond donors (Lipinski definition) is 0. The normalized spacial score (nSPS) is 13.6. The van der Waals surface area contributed by atoms with Crippen molar-refractivity contribution in [3.63, 3.8) is 0 Å². The molecule has 0 aromatic heterocycles. The molecule has 5 nitrogen and oxygen atoms in total. The Bertz CT molecular complexity index is 1170. The van der Waals surface area contributed by atoms with E-state index in [1.165, 1.54) is 0 Å². The highest BCUT2D eigenvalue weighted by atomic mass is 79.9. The molecule has 0 fully saturated rings. The number of hydrogen-bond acceptors (Lipinski definition) is 5. The molecule has 0 atom stereocenters. The van der Waals surface area contributed by atoms with Crippen molar-refractivity contribution in [2.75, 3.05) is 6.61 Å². The summed E-state index contributed by atoms with van der Waals surface area (Å²) in [4.78, 5) is 24.7. The van der Waals surface area contributed by atoms with Crippen LogP contribution in [0.25, 0.3) is 6.08 Å². The number of carbonyl (C=O) groups excluding carboxylic acids is 2. The van der Waals surface area contributed by atoms with Gasteiger partial charge in [0.1, 0.15) is 18.1 Å². The van der Waals surface area contributed by atoms with Crippen LogP contribution in [-0.4, -0.2) is 18.4 Å². The summed E-state index contributed by atoms with van der Waals surface area (Å²) in [6, 6.07) is 20.3. The lowest BCUT2D eigenvalue weighted by Crippen LogP contribution is -2.15. The first kappa shape index (κ1) is 20.9. The summed E-state index contributed by atoms with van der Waals surface area (Å²) in [6.45, 7) is 1.74. The number of esters is 1. The number of halogens is 1. The summed E-state index contributed by atoms with van der Waals surface area (Å²) in [5.41, 5.74) is 2.87. The van der Waals surface area contributed by atoms with Gasteiger partial charge in [-0.25, -0.2) is 4.79 Å². The molecular formula is C25H19BrO5. The second-order valence-electron chi connectivity index (χ2n) is 7.00. The zero-order valence-corrected chi connectivity index (χ0v) is 18.3. The standard InChI is InChI=1S/C25H19BrO5/c1-16-21(29-15-23(27)30-14-17-6-3-2-4-7-17)11-10-20-24(28)22(31-25(16)20)13-18-8-5-9-19(26)12-18/h2-13H,14-15H2,1H3/b22-13-. The molecule has 0 saturated carbocycles. The first-order valence-electron chi connectivity index (χ1n) is 9.67. The average molecular weight is 479 g/mol. The van der Waals surface area contributed by atoms with E-state index in [0.29, 0.717) is 22.6 Å². The fourth-order valence-electron chi connectivity index (χ4n) is 3.19. The number of Topliss-reactive ketones (excluding diaryl/α,β-unsaturated/α-hetero) is 1. The smallest absolute Gasteiger partial charge is 0.344 e. The van der Waals surface area contributed by atoms with Crippen LogP contribution in [0.1, 0.15) is 27.0 Å². The average Bonchev–Trinajstić information content (AvgIpc) is 3.09. The maximum atomic E-state index is 12.7. The molecule has 3 aromatic rings. The van der Waals surface area contributed by atoms with E-state index in [2.05, 4.69) is 15.9 Å². The molecule has 0 unspecified atom stereocenters. The van der Waals surface area contributed by atoms with Crippen molar-refractivity contribution in [3.8, 4) is 11.5 Å². The third kappa shape index (κ3) is 4.86. The van der Waals surface area contributed by atoms with Gasteiger partial charge in [-0.2, -0.15) is 0 Å². The van der Waals surface area contributed by atoms with Gasteiger partial charge in [0.25, 0.3) is 0 Å². The van der Waals surface area contributed by atoms with Crippen molar-refractivity contribution in [1.29, 1.82) is 0 Å². The van der Waals surface area contributed by atoms with Gasteiger partial charge in [-0.3, -0.25) is 4.79 Å². The minimum absolute atomic E-state index is 0.188. The van der Waals surface area contributed by atoms with E-state index >= 15 is 0 Å². The Morgan fingerprint density at radius 3 is 2.65 bits per heavy atom. The minimum atomic E-state index is -0.476. The largest absolute Gasteiger partial charge is 0.481 e. The zero-order valence-electron chi connectivity index (χ0n) is 16.8. The third-order valence-corrected chi connectivity index (χ3v) is 5.26. The van der Waals surface area contributed by atoms with E-state index in [1.807, 2.05) is 54.6 Å². The molecule has 6 heteroatoms. The third-order valence-electron chi connectivity index (χ3n) is 4.77. The number of benzene rings is 3. The van der Waals surface area contributed by atoms with Crippen LogP contribution in [0.4, 0.5) is 0 Å². The number of rotatable bonds is 6. The lowest BCUT2D eigenvalue weighted by atomic mass is 10.1. The molecule has 4 rings (SSSR count). The lowest BCUT2D eigenvalue weighted by Gasteiger charge is -2.11. The summed E-state index contributed by atoms with van der Waals surface area (Å²) in [7, 11) is 0. The fourth-order valence-corrected chi connectivity index (χ4v) is 3.61. The van der Waals surface area contributed by atoms with E-state index < -0.39 is 5.97 Å². The van der Waals surface area contributed by atoms with Crippen molar-refractivity contribution in [2.45, 2.75) is 13.5 Å². The quantitative estimate of drug-likeness (QED) is 0.346. The van der Waals surface area contributed by atoms with Crippen molar-refractivity contribution in [3.05, 3.63) is 99.2 Å². The second-order valence-corrected chi connectivity index (χ2v) is 7.91. The molecule has 0 amide bonds. The van der Waals surface area contributed by atoms with Crippen LogP contribution in [0, 0.1) is 6.92 Å². The van der Waals surface area contributed by atoms with E-state index in [0.717, 1.165) is 15.6 Å². The Morgan fingerprint density at radius 1 is 1.06 bits per heavy atom. The highest BCUT2D eigenvalue weighted by molar-refractivity contribution is 9.10. The predicted molar refractivity (Wildman–Crippen MR) is 120 cm³/mol. The number of fused-ring (bicyclic) bond motifs is 1. The van der Waals surface area contributed by atoms with Crippen LogP contribution in [-0.2, 0) is 16.1 Å². The van der Waals surface area contributed by atoms with Gasteiger partial charge in [0.15, 0.2) is 12.4 Å². The molecule has 1 aliphatic rings. The molecule has 31 heavy (non-hydrogen) atoms. The van der Waals surface area contributed by atoms with Gasteiger partial charge in [-0.1, -0.05) is 58.4 Å². The number of ketones is 1. The van der Waals surface area contributed by atoms with Gasteiger partial charge in [-0.05, 0) is 48.4 Å². The van der Waals surface area contributed by atoms with E-state index in [9.17, 15) is 9.59 Å². The van der Waals surface area contributed by atoms with Crippen LogP contribution < -0.4 is 9.47 Å². The van der Waals surface area contributed by atoms with Crippen LogP contribution in [0.2, 0.25) is 0 Å². The number of allylic oxidation sites excluding steroid dienone is 1. The van der Waals surface area contributed by atoms with Gasteiger partial charge >= 0.3 is 5.97 Å². The Morgan fingerprint density at radius 2 is 1.87 bits per heavy atom. The SMILES string of the molecule is Cc1c(OCC(=O)OCc2ccccc2)ccc2c1O/C(=C\c1cccc(Br)c1)C2=O. The summed E-state index contributed by atoms with van der Waals surface area (Å²) in [5.74, 6) is 0.492. The number of ether oxygens (including phenoxy) is 3. The van der Waals surface area contributed by atoms with Crippen molar-refractivity contribution < 1.29 is 23.8 Å². The Labute approximate surface area is 188 Å². The van der Waals surface area contributed by atoms with Crippen LogP contribution in [0.5, 0.6) is 11.5 Å². The fraction of sp³-hybridized carbons (Fsp3) is 0.120. The van der Waals surface area contributed by atoms with Gasteiger partial charge in [0.2, 0.25) is 5.78 Å². The molecule has 156 valence electrons. The molecule has 0 bridgehead atoms. The molecule has 1 aliphatic heterocycles. The molecular weight excluding hydrogens is 460 g/mol. The maximum Gasteiger partial charge on any atom is 0.344 e. The van der Waals surface area contributed by atoms with Crippen LogP contribution in [0.3, 0.4) is 0 Å². The summed E-state index contributed by atoms with van der Waals surface area (Å²) < 4.78 is 17.6. The first-order chi connectivity index (χ1) is 15.0. The Balaban J connectivity index is 1.43. The van der Waals surface area contributed by atoms with Gasteiger partial charge < -0.3 is 14.2 Å². The van der Waals surface area contributed by atoms with Crippen molar-refractivity contribution >= 4 is 33.8 Å². The number of carbonyl (C=O) groups is 2. The summed E-state index contributed by atoms with van der Waals surface area (Å²) in [6.07, 6.45) is 1.70. The molecule has 0 aliphatic carbocycles. The molecule has 3 aromatic carbocycles. The summed E-state index contributed by atoms with van der Waals surface area (Å²) in [5, 5.41) is 0. The van der Waals surface area contributed by atoms with Crippen molar-refractivity contribution in [1.82, 2.24) is 0 Å². The van der Waals surface area contributed by atoms with Crippen LogP contribution >= 0.6 is 15.9 Å². The van der Waals surface area contributed by atoms with Gasteiger partial charge in [0, 0.05) is 10.0 Å². The molecule has 0 radical (unpaired) electrons. The summed E-state index contributed by atoms with van der Waals surface area (Å²) >= 11 is 3.42. The molecule has 1 heterocycles. The topological polar surface area (TPSA) is 61.8 Å². The predicted octanol–water partition coefficient (Wildman–Crippen LogP) is 5.50. The minimum Gasteiger partial charge on any atom is -0.481 e. The zero-order chi connectivity index (χ0) is 21.8. The Kier molecular flexibility index (Phi) is 6.18. The van der Waals surface area contributed by atoms with Gasteiger partial charge in [-0.15, -0.1) is 0 Å². The monoisotopic (exact) mass is 478 g/mol. The molecule has 0 saturated heterocycles. The van der Waals surface area contributed by atoms with E-state index in [1.54, 1.807) is 25.1 Å². The van der Waals surface area contributed by atoms with Crippen LogP contribution in [0.15, 0.2) is 77.0 Å². The maximum absolute atomic E-state index is 12.7. The highest BCUT2D eigenvalue weighted by Gasteiger charge is 2.30. The molecule has 0 spiro atoms. The lowest BCUT2D eigenvalue weighted by molar-refractivity contribution is -0.147. The van der Waals surface area contributed by atoms with Gasteiger partial charge in [0.05, 0.1) is 5.56 Å². The van der Waals surface area contributed by atoms with E-state index in [-0.39, 0.29) is 24.8 Å².